The van der Waals surface area contributed by atoms with E-state index in [1.54, 1.807) is 15.8 Å². The predicted octanol–water partition coefficient (Wildman–Crippen LogP) is 1.47. The van der Waals surface area contributed by atoms with E-state index in [4.69, 9.17) is 6.42 Å². The van der Waals surface area contributed by atoms with Crippen LogP contribution in [0, 0.1) is 18.3 Å². The second kappa shape index (κ2) is 5.26. The molecule has 0 radical (unpaired) electrons. The molecular formula is C14H19N3O. The molecule has 1 saturated carbocycles. The van der Waals surface area contributed by atoms with E-state index in [1.807, 2.05) is 14.0 Å². The number of nitrogens with zero attached hydrogens (tertiary/aromatic N) is 3. The molecule has 1 aromatic rings. The van der Waals surface area contributed by atoms with Gasteiger partial charge < -0.3 is 4.90 Å². The first-order valence-corrected chi connectivity index (χ1v) is 6.41. The third kappa shape index (κ3) is 2.73. The molecule has 1 amide bonds. The Hall–Kier alpha value is -1.76. The molecule has 0 saturated heterocycles. The van der Waals surface area contributed by atoms with Crippen LogP contribution >= 0.6 is 0 Å². The van der Waals surface area contributed by atoms with Gasteiger partial charge >= 0.3 is 0 Å². The first-order valence-electron chi connectivity index (χ1n) is 6.41. The Morgan fingerprint density at radius 1 is 1.67 bits per heavy atom. The normalized spacial score (nSPS) is 14.3. The number of amides is 1. The van der Waals surface area contributed by atoms with Crippen molar-refractivity contribution in [2.75, 3.05) is 13.1 Å². The van der Waals surface area contributed by atoms with Crippen LogP contribution in [0.2, 0.25) is 0 Å². The molecule has 0 aromatic carbocycles. The molecular weight excluding hydrogens is 226 g/mol. The van der Waals surface area contributed by atoms with Crippen LogP contribution in [-0.2, 0) is 13.5 Å². The molecule has 1 aromatic heterocycles. The van der Waals surface area contributed by atoms with Gasteiger partial charge in [-0.05, 0) is 25.2 Å². The lowest BCUT2D eigenvalue weighted by Crippen LogP contribution is -2.33. The van der Waals surface area contributed by atoms with Crippen molar-refractivity contribution in [2.45, 2.75) is 26.2 Å². The van der Waals surface area contributed by atoms with Gasteiger partial charge in [-0.15, -0.1) is 6.42 Å². The van der Waals surface area contributed by atoms with Crippen LogP contribution in [0.15, 0.2) is 6.20 Å². The summed E-state index contributed by atoms with van der Waals surface area (Å²) < 4.78 is 1.69. The van der Waals surface area contributed by atoms with Gasteiger partial charge in [0.15, 0.2) is 0 Å². The van der Waals surface area contributed by atoms with Gasteiger partial charge in [0.2, 0.25) is 0 Å². The highest BCUT2D eigenvalue weighted by atomic mass is 16.2. The summed E-state index contributed by atoms with van der Waals surface area (Å²) in [6.45, 7) is 3.17. The number of terminal acetylenes is 1. The zero-order valence-electron chi connectivity index (χ0n) is 11.0. The molecule has 0 aliphatic heterocycles. The summed E-state index contributed by atoms with van der Waals surface area (Å²) in [6, 6.07) is 0. The fourth-order valence-corrected chi connectivity index (χ4v) is 2.09. The average molecular weight is 245 g/mol. The Morgan fingerprint density at radius 2 is 2.39 bits per heavy atom. The van der Waals surface area contributed by atoms with E-state index in [0.29, 0.717) is 18.0 Å². The van der Waals surface area contributed by atoms with Gasteiger partial charge in [0.1, 0.15) is 0 Å². The molecule has 1 aliphatic rings. The van der Waals surface area contributed by atoms with Crippen LogP contribution in [0.25, 0.3) is 0 Å². The minimum absolute atomic E-state index is 0.0183. The molecule has 0 bridgehead atoms. The van der Waals surface area contributed by atoms with Crippen molar-refractivity contribution in [2.24, 2.45) is 13.0 Å². The molecule has 18 heavy (non-hydrogen) atoms. The van der Waals surface area contributed by atoms with E-state index in [0.717, 1.165) is 18.7 Å². The monoisotopic (exact) mass is 245 g/mol. The number of carbonyl (C=O) groups excluding carboxylic acids is 1. The maximum absolute atomic E-state index is 12.5. The van der Waals surface area contributed by atoms with Crippen LogP contribution in [0.3, 0.4) is 0 Å². The lowest BCUT2D eigenvalue weighted by Gasteiger charge is -2.19. The number of rotatable bonds is 5. The quantitative estimate of drug-likeness (QED) is 0.737. The summed E-state index contributed by atoms with van der Waals surface area (Å²) in [5.41, 5.74) is 1.54. The van der Waals surface area contributed by atoms with Gasteiger partial charge in [-0.3, -0.25) is 9.48 Å². The standard InChI is InChI=1S/C14H19N3O/c1-4-8-17(9-11-6-7-11)14(18)12-10-16(3)15-13(12)5-2/h1,10-11H,5-9H2,2-3H3. The van der Waals surface area contributed by atoms with Crippen LogP contribution in [0.5, 0.6) is 0 Å². The summed E-state index contributed by atoms with van der Waals surface area (Å²) >= 11 is 0. The van der Waals surface area contributed by atoms with Gasteiger partial charge in [-0.1, -0.05) is 12.8 Å². The SMILES string of the molecule is C#CCN(CC1CC1)C(=O)c1cn(C)nc1CC. The maximum atomic E-state index is 12.5. The lowest BCUT2D eigenvalue weighted by molar-refractivity contribution is 0.0768. The fraction of sp³-hybridized carbons (Fsp3) is 0.571. The van der Waals surface area contributed by atoms with E-state index in [-0.39, 0.29) is 5.91 Å². The van der Waals surface area contributed by atoms with E-state index >= 15 is 0 Å². The molecule has 4 heteroatoms. The van der Waals surface area contributed by atoms with Crippen molar-refractivity contribution in [3.63, 3.8) is 0 Å². The molecule has 4 nitrogen and oxygen atoms in total. The molecule has 2 rings (SSSR count). The molecule has 0 N–H and O–H groups in total. The number of carbonyl (C=O) groups is 1. The minimum atomic E-state index is 0.0183. The minimum Gasteiger partial charge on any atom is -0.327 e. The van der Waals surface area contributed by atoms with Crippen LogP contribution in [0.4, 0.5) is 0 Å². The lowest BCUT2D eigenvalue weighted by atomic mass is 10.2. The smallest absolute Gasteiger partial charge is 0.258 e. The summed E-state index contributed by atoms with van der Waals surface area (Å²) in [4.78, 5) is 14.2. The highest BCUT2D eigenvalue weighted by Crippen LogP contribution is 2.30. The Morgan fingerprint density at radius 3 is 2.94 bits per heavy atom. The van der Waals surface area contributed by atoms with Crippen LogP contribution in [-0.4, -0.2) is 33.7 Å². The highest BCUT2D eigenvalue weighted by molar-refractivity contribution is 5.95. The van der Waals surface area contributed by atoms with Gasteiger partial charge in [0.25, 0.3) is 5.91 Å². The first kappa shape index (κ1) is 12.7. The van der Waals surface area contributed by atoms with E-state index < -0.39 is 0 Å². The van der Waals surface area contributed by atoms with Crippen molar-refractivity contribution in [3.05, 3.63) is 17.5 Å². The highest BCUT2D eigenvalue weighted by Gasteiger charge is 2.28. The molecule has 0 unspecified atom stereocenters. The van der Waals surface area contributed by atoms with Crippen molar-refractivity contribution in [3.8, 4) is 12.3 Å². The predicted molar refractivity (Wildman–Crippen MR) is 70.0 cm³/mol. The summed E-state index contributed by atoms with van der Waals surface area (Å²) in [5.74, 6) is 3.23. The average Bonchev–Trinajstić information content (AvgIpc) is 3.08. The van der Waals surface area contributed by atoms with Crippen molar-refractivity contribution in [1.82, 2.24) is 14.7 Å². The number of hydrogen-bond donors (Lipinski definition) is 0. The molecule has 96 valence electrons. The van der Waals surface area contributed by atoms with E-state index in [1.165, 1.54) is 12.8 Å². The first-order chi connectivity index (χ1) is 8.65. The summed E-state index contributed by atoms with van der Waals surface area (Å²) in [7, 11) is 1.84. The maximum Gasteiger partial charge on any atom is 0.258 e. The molecule has 1 heterocycles. The molecule has 1 aliphatic carbocycles. The summed E-state index contributed by atoms with van der Waals surface area (Å²) in [6.07, 6.45) is 10.3. The largest absolute Gasteiger partial charge is 0.327 e. The van der Waals surface area contributed by atoms with Gasteiger partial charge in [-0.2, -0.15) is 5.10 Å². The second-order valence-corrected chi connectivity index (χ2v) is 4.85. The molecule has 1 fully saturated rings. The molecule has 0 spiro atoms. The van der Waals surface area contributed by atoms with Crippen molar-refractivity contribution < 1.29 is 4.79 Å². The Kier molecular flexibility index (Phi) is 3.71. The van der Waals surface area contributed by atoms with Crippen LogP contribution < -0.4 is 0 Å². The summed E-state index contributed by atoms with van der Waals surface area (Å²) in [5, 5.41) is 4.31. The molecule has 0 atom stereocenters. The number of aromatic nitrogens is 2. The van der Waals surface area contributed by atoms with Gasteiger partial charge in [0.05, 0.1) is 17.8 Å². The number of hydrogen-bond acceptors (Lipinski definition) is 2. The van der Waals surface area contributed by atoms with Gasteiger partial charge in [-0.25, -0.2) is 0 Å². The Balaban J connectivity index is 2.17. The zero-order chi connectivity index (χ0) is 13.1. The van der Waals surface area contributed by atoms with Crippen LogP contribution in [0.1, 0.15) is 35.8 Å². The topological polar surface area (TPSA) is 38.1 Å². The third-order valence-corrected chi connectivity index (χ3v) is 3.22. The van der Waals surface area contributed by atoms with E-state index in [9.17, 15) is 4.79 Å². The van der Waals surface area contributed by atoms with Crippen molar-refractivity contribution in [1.29, 1.82) is 0 Å². The third-order valence-electron chi connectivity index (χ3n) is 3.22. The second-order valence-electron chi connectivity index (χ2n) is 4.85. The number of aryl methyl sites for hydroxylation is 2. The van der Waals surface area contributed by atoms with Gasteiger partial charge in [0, 0.05) is 19.8 Å². The fourth-order valence-electron chi connectivity index (χ4n) is 2.09. The zero-order valence-corrected chi connectivity index (χ0v) is 11.0. The Labute approximate surface area is 108 Å². The Bertz CT molecular complexity index is 480. The van der Waals surface area contributed by atoms with Crippen molar-refractivity contribution >= 4 is 5.91 Å². The van der Waals surface area contributed by atoms with E-state index in [2.05, 4.69) is 11.0 Å².